The van der Waals surface area contributed by atoms with Crippen LogP contribution in [0.2, 0.25) is 5.02 Å². The molecule has 1 saturated heterocycles. The van der Waals surface area contributed by atoms with E-state index in [-0.39, 0.29) is 40.9 Å². The Morgan fingerprint density at radius 1 is 0.907 bits per heavy atom. The molecule has 3 aromatic carbocycles. The molecule has 43 heavy (non-hydrogen) atoms. The number of rotatable bonds is 10. The highest BCUT2D eigenvalue weighted by Crippen LogP contribution is 2.39. The van der Waals surface area contributed by atoms with Gasteiger partial charge in [0.05, 0.1) is 35.7 Å². The molecular formula is C29H32ClN3O8S2. The molecule has 0 aromatic heterocycles. The fraction of sp³-hybridized carbons (Fsp3) is 0.345. The van der Waals surface area contributed by atoms with E-state index < -0.39 is 32.1 Å². The topological polar surface area (TPSA) is 132 Å². The monoisotopic (exact) mass is 649 g/mol. The van der Waals surface area contributed by atoms with Gasteiger partial charge in [-0.2, -0.15) is 4.31 Å². The molecule has 0 spiro atoms. The number of hydrogen-bond acceptors (Lipinski definition) is 8. The lowest BCUT2D eigenvalue weighted by Crippen LogP contribution is -2.51. The van der Waals surface area contributed by atoms with Crippen LogP contribution in [-0.4, -0.2) is 73.0 Å². The van der Waals surface area contributed by atoms with Crippen molar-refractivity contribution in [1.29, 1.82) is 0 Å². The molecule has 0 radical (unpaired) electrons. The second-order valence-electron chi connectivity index (χ2n) is 10.0. The van der Waals surface area contributed by atoms with Gasteiger partial charge in [0.25, 0.3) is 15.9 Å². The number of fused-ring (bicyclic) bond motifs is 1. The van der Waals surface area contributed by atoms with Crippen molar-refractivity contribution in [3.8, 4) is 17.2 Å². The summed E-state index contributed by atoms with van der Waals surface area (Å²) in [6.07, 6.45) is 1.61. The minimum atomic E-state index is -4.08. The Kier molecular flexibility index (Phi) is 9.35. The van der Waals surface area contributed by atoms with Gasteiger partial charge in [-0.1, -0.05) is 18.0 Å². The fourth-order valence-electron chi connectivity index (χ4n) is 4.88. The third kappa shape index (κ3) is 6.85. The Bertz CT molecular complexity index is 1660. The molecule has 0 saturated carbocycles. The molecule has 230 valence electrons. The summed E-state index contributed by atoms with van der Waals surface area (Å²) in [5.74, 6) is 0.622. The molecule has 3 aromatic rings. The van der Waals surface area contributed by atoms with Gasteiger partial charge >= 0.3 is 0 Å². The molecule has 14 heteroatoms. The molecule has 1 N–H and O–H groups in total. The summed E-state index contributed by atoms with van der Waals surface area (Å²) < 4.78 is 72.2. The molecule has 2 aliphatic rings. The second-order valence-corrected chi connectivity index (χ2v) is 14.2. The number of amides is 1. The number of hydrogen-bond donors (Lipinski definition) is 1. The first-order valence-corrected chi connectivity index (χ1v) is 17.0. The van der Waals surface area contributed by atoms with Crippen molar-refractivity contribution < 1.29 is 35.8 Å². The molecule has 1 atom stereocenters. The first-order chi connectivity index (χ1) is 20.6. The number of nitrogens with zero attached hydrogens (tertiary/aromatic N) is 2. The molecule has 0 unspecified atom stereocenters. The van der Waals surface area contributed by atoms with Crippen LogP contribution in [-0.2, 0) is 24.8 Å². The van der Waals surface area contributed by atoms with E-state index >= 15 is 0 Å². The van der Waals surface area contributed by atoms with Crippen LogP contribution >= 0.6 is 11.6 Å². The number of ether oxygens (including phenoxy) is 3. The highest BCUT2D eigenvalue weighted by Gasteiger charge is 2.37. The summed E-state index contributed by atoms with van der Waals surface area (Å²) >= 11 is 6.16. The van der Waals surface area contributed by atoms with Crippen LogP contribution in [0, 0.1) is 0 Å². The maximum Gasteiger partial charge on any atom is 0.264 e. The molecule has 11 nitrogen and oxygen atoms in total. The number of carbonyl (C=O) groups is 1. The SMILES string of the molecule is COc1ccc(S(=O)(=O)N2C[C@H](C(=O)NCCOc3ccc(S(=O)(=O)N4CCCCC4)cc3)Oc3ccc(Cl)cc32)cc1. The Hall–Kier alpha value is -3.52. The lowest BCUT2D eigenvalue weighted by molar-refractivity contribution is -0.127. The summed E-state index contributed by atoms with van der Waals surface area (Å²) in [6.45, 7) is 0.967. The first-order valence-electron chi connectivity index (χ1n) is 13.7. The smallest absolute Gasteiger partial charge is 0.264 e. The van der Waals surface area contributed by atoms with Gasteiger partial charge in [-0.05, 0) is 79.6 Å². The van der Waals surface area contributed by atoms with Gasteiger partial charge in [0.15, 0.2) is 6.10 Å². The number of halogens is 1. The molecule has 1 amide bonds. The van der Waals surface area contributed by atoms with E-state index in [1.165, 1.54) is 59.9 Å². The number of carbonyl (C=O) groups excluding carboxylic acids is 1. The summed E-state index contributed by atoms with van der Waals surface area (Å²) in [4.78, 5) is 13.3. The van der Waals surface area contributed by atoms with Crippen molar-refractivity contribution in [2.45, 2.75) is 35.2 Å². The maximum absolute atomic E-state index is 13.6. The Balaban J connectivity index is 1.20. The van der Waals surface area contributed by atoms with E-state index in [1.54, 1.807) is 18.2 Å². The van der Waals surface area contributed by atoms with E-state index in [9.17, 15) is 21.6 Å². The van der Waals surface area contributed by atoms with E-state index in [1.807, 2.05) is 0 Å². The van der Waals surface area contributed by atoms with Crippen LogP contribution in [0.5, 0.6) is 17.2 Å². The molecule has 5 rings (SSSR count). The third-order valence-electron chi connectivity index (χ3n) is 7.18. The van der Waals surface area contributed by atoms with Crippen molar-refractivity contribution in [3.63, 3.8) is 0 Å². The van der Waals surface area contributed by atoms with Gasteiger partial charge in [0.1, 0.15) is 23.9 Å². The normalized spacial score (nSPS) is 17.4. The molecule has 1 fully saturated rings. The molecular weight excluding hydrogens is 618 g/mol. The van der Waals surface area contributed by atoms with Gasteiger partial charge < -0.3 is 19.5 Å². The number of nitrogens with one attached hydrogen (secondary N) is 1. The van der Waals surface area contributed by atoms with Crippen LogP contribution < -0.4 is 23.8 Å². The van der Waals surface area contributed by atoms with Crippen molar-refractivity contribution in [1.82, 2.24) is 9.62 Å². The predicted molar refractivity (Wildman–Crippen MR) is 161 cm³/mol. The highest BCUT2D eigenvalue weighted by molar-refractivity contribution is 7.92. The van der Waals surface area contributed by atoms with E-state index in [4.69, 9.17) is 25.8 Å². The largest absolute Gasteiger partial charge is 0.497 e. The van der Waals surface area contributed by atoms with Gasteiger partial charge in [0, 0.05) is 18.1 Å². The van der Waals surface area contributed by atoms with Gasteiger partial charge in [-0.25, -0.2) is 16.8 Å². The lowest BCUT2D eigenvalue weighted by Gasteiger charge is -2.34. The molecule has 2 aliphatic heterocycles. The number of piperidine rings is 1. The quantitative estimate of drug-likeness (QED) is 0.329. The second kappa shape index (κ2) is 13.0. The van der Waals surface area contributed by atoms with Gasteiger partial charge in [0.2, 0.25) is 10.0 Å². The zero-order valence-corrected chi connectivity index (χ0v) is 25.8. The molecule has 2 heterocycles. The zero-order valence-electron chi connectivity index (χ0n) is 23.4. The maximum atomic E-state index is 13.6. The zero-order chi connectivity index (χ0) is 30.6. The number of methoxy groups -OCH3 is 1. The summed E-state index contributed by atoms with van der Waals surface area (Å²) in [6, 6.07) is 16.6. The van der Waals surface area contributed by atoms with Crippen molar-refractivity contribution >= 4 is 43.2 Å². The van der Waals surface area contributed by atoms with Crippen LogP contribution in [0.15, 0.2) is 76.5 Å². The lowest BCUT2D eigenvalue weighted by atomic mass is 10.2. The van der Waals surface area contributed by atoms with Crippen LogP contribution in [0.1, 0.15) is 19.3 Å². The minimum absolute atomic E-state index is 0.0171. The number of sulfonamides is 2. The van der Waals surface area contributed by atoms with E-state index in [0.29, 0.717) is 29.6 Å². The minimum Gasteiger partial charge on any atom is -0.497 e. The fourth-order valence-corrected chi connectivity index (χ4v) is 8.03. The highest BCUT2D eigenvalue weighted by atomic mass is 35.5. The summed E-state index contributed by atoms with van der Waals surface area (Å²) in [5.41, 5.74) is 0.224. The third-order valence-corrected chi connectivity index (χ3v) is 11.1. The Morgan fingerprint density at radius 2 is 1.53 bits per heavy atom. The molecule has 0 bridgehead atoms. The summed E-state index contributed by atoms with van der Waals surface area (Å²) in [7, 11) is -6.13. The summed E-state index contributed by atoms with van der Waals surface area (Å²) in [5, 5.41) is 3.03. The Labute approximate surface area is 256 Å². The van der Waals surface area contributed by atoms with Crippen LogP contribution in [0.25, 0.3) is 0 Å². The van der Waals surface area contributed by atoms with Gasteiger partial charge in [-0.3, -0.25) is 9.10 Å². The van der Waals surface area contributed by atoms with Crippen molar-refractivity contribution in [2.24, 2.45) is 0 Å². The molecule has 0 aliphatic carbocycles. The first kappa shape index (κ1) is 30.9. The van der Waals surface area contributed by atoms with E-state index in [0.717, 1.165) is 23.6 Å². The van der Waals surface area contributed by atoms with Crippen molar-refractivity contribution in [3.05, 3.63) is 71.8 Å². The number of anilines is 1. The van der Waals surface area contributed by atoms with Crippen molar-refractivity contribution in [2.75, 3.05) is 44.2 Å². The van der Waals surface area contributed by atoms with Gasteiger partial charge in [-0.15, -0.1) is 0 Å². The van der Waals surface area contributed by atoms with Crippen LogP contribution in [0.3, 0.4) is 0 Å². The average Bonchev–Trinajstić information content (AvgIpc) is 3.03. The van der Waals surface area contributed by atoms with E-state index in [2.05, 4.69) is 5.32 Å². The van der Waals surface area contributed by atoms with Crippen LogP contribution in [0.4, 0.5) is 5.69 Å². The Morgan fingerprint density at radius 3 is 2.19 bits per heavy atom. The average molecular weight is 650 g/mol. The number of benzene rings is 3. The standard InChI is InChI=1S/C29H32ClN3O8S2/c1-39-22-6-10-25(11-7-22)43(37,38)33-20-28(41-27-14-5-21(30)19-26(27)33)29(34)31-15-18-40-23-8-12-24(13-9-23)42(35,36)32-16-3-2-4-17-32/h5-14,19,28H,2-4,15-18,20H2,1H3,(H,31,34)/t28-/m1/s1. The predicted octanol–water partition coefficient (Wildman–Crippen LogP) is 3.67.